The third-order valence-electron chi connectivity index (χ3n) is 4.81. The van der Waals surface area contributed by atoms with E-state index < -0.39 is 0 Å². The molecule has 164 valence electrons. The van der Waals surface area contributed by atoms with E-state index in [9.17, 15) is 9.59 Å². The molecule has 0 heterocycles. The highest BCUT2D eigenvalue weighted by molar-refractivity contribution is 6.30. The van der Waals surface area contributed by atoms with E-state index in [1.807, 2.05) is 0 Å². The summed E-state index contributed by atoms with van der Waals surface area (Å²) in [6.45, 7) is -0.164. The highest BCUT2D eigenvalue weighted by Gasteiger charge is 2.15. The Morgan fingerprint density at radius 1 is 0.903 bits per heavy atom. The Balaban J connectivity index is 1.35. The largest absolute Gasteiger partial charge is 0.484 e. The van der Waals surface area contributed by atoms with Gasteiger partial charge in [-0.1, -0.05) is 30.9 Å². The lowest BCUT2D eigenvalue weighted by molar-refractivity contribution is -0.124. The van der Waals surface area contributed by atoms with Crippen LogP contribution in [0.2, 0.25) is 5.02 Å². The normalized spacial score (nSPS) is 14.2. The molecule has 0 spiro atoms. The molecule has 7 nitrogen and oxygen atoms in total. The number of rotatable bonds is 9. The average Bonchev–Trinajstić information content (AvgIpc) is 2.79. The molecule has 2 aromatic carbocycles. The van der Waals surface area contributed by atoms with Crippen molar-refractivity contribution < 1.29 is 19.1 Å². The molecule has 0 saturated heterocycles. The Labute approximate surface area is 186 Å². The first-order valence-corrected chi connectivity index (χ1v) is 10.7. The van der Waals surface area contributed by atoms with Crippen molar-refractivity contribution in [1.29, 1.82) is 0 Å². The number of nitrogens with one attached hydrogen (secondary N) is 2. The Bertz CT molecular complexity index is 879. The number of carbonyl (C=O) groups is 2. The molecule has 31 heavy (non-hydrogen) atoms. The van der Waals surface area contributed by atoms with Gasteiger partial charge < -0.3 is 14.8 Å². The molecule has 8 heteroatoms. The monoisotopic (exact) mass is 443 g/mol. The lowest BCUT2D eigenvalue weighted by Gasteiger charge is -2.22. The second-order valence-electron chi connectivity index (χ2n) is 7.30. The zero-order chi connectivity index (χ0) is 21.9. The van der Waals surface area contributed by atoms with Crippen LogP contribution >= 0.6 is 11.6 Å². The molecule has 1 fully saturated rings. The maximum absolute atomic E-state index is 12.0. The molecule has 0 unspecified atom stereocenters. The van der Waals surface area contributed by atoms with E-state index in [1.54, 1.807) is 48.5 Å². The number of amides is 2. The van der Waals surface area contributed by atoms with Crippen LogP contribution in [0.5, 0.6) is 11.5 Å². The van der Waals surface area contributed by atoms with Crippen LogP contribution in [0.15, 0.2) is 53.6 Å². The van der Waals surface area contributed by atoms with Crippen LogP contribution in [0.3, 0.4) is 0 Å². The second-order valence-corrected chi connectivity index (χ2v) is 7.73. The molecule has 0 bridgehead atoms. The standard InChI is InChI=1S/C23H26ClN3O4/c24-18-8-12-21(13-9-18)31-16-23(29)27-25-14-17-6-10-20(11-7-17)30-15-22(28)26-19-4-2-1-3-5-19/h6-14,19H,1-5,15-16H2,(H,26,28)(H,27,29)/b25-14-. The molecule has 2 aromatic rings. The van der Waals surface area contributed by atoms with Gasteiger partial charge in [-0.05, 0) is 66.9 Å². The zero-order valence-corrected chi connectivity index (χ0v) is 17.9. The summed E-state index contributed by atoms with van der Waals surface area (Å²) in [6, 6.07) is 14.1. The van der Waals surface area contributed by atoms with Gasteiger partial charge in [0.15, 0.2) is 13.2 Å². The van der Waals surface area contributed by atoms with Gasteiger partial charge in [0, 0.05) is 11.1 Å². The first-order valence-electron chi connectivity index (χ1n) is 10.3. The molecule has 1 saturated carbocycles. The van der Waals surface area contributed by atoms with Crippen LogP contribution < -0.4 is 20.2 Å². The van der Waals surface area contributed by atoms with Gasteiger partial charge in [-0.25, -0.2) is 5.43 Å². The molecule has 2 amide bonds. The fourth-order valence-electron chi connectivity index (χ4n) is 3.21. The number of hydrazone groups is 1. The summed E-state index contributed by atoms with van der Waals surface area (Å²) < 4.78 is 10.9. The maximum atomic E-state index is 12.0. The SMILES string of the molecule is O=C(COc1ccc(Cl)cc1)N/N=C\c1ccc(OCC(=O)NC2CCCCC2)cc1. The summed E-state index contributed by atoms with van der Waals surface area (Å²) >= 11 is 5.80. The molecular weight excluding hydrogens is 418 g/mol. The summed E-state index contributed by atoms with van der Waals surface area (Å²) in [7, 11) is 0. The van der Waals surface area contributed by atoms with E-state index in [4.69, 9.17) is 21.1 Å². The van der Waals surface area contributed by atoms with Gasteiger partial charge in [-0.3, -0.25) is 9.59 Å². The van der Waals surface area contributed by atoms with Crippen molar-refractivity contribution in [2.75, 3.05) is 13.2 Å². The van der Waals surface area contributed by atoms with E-state index in [1.165, 1.54) is 25.5 Å². The van der Waals surface area contributed by atoms with Crippen LogP contribution in [-0.2, 0) is 9.59 Å². The summed E-state index contributed by atoms with van der Waals surface area (Å²) in [5.41, 5.74) is 3.18. The van der Waals surface area contributed by atoms with E-state index in [2.05, 4.69) is 15.8 Å². The Kier molecular flexibility index (Phi) is 8.72. The molecule has 0 atom stereocenters. The van der Waals surface area contributed by atoms with Gasteiger partial charge in [0.2, 0.25) is 0 Å². The van der Waals surface area contributed by atoms with Crippen LogP contribution in [0.25, 0.3) is 0 Å². The third kappa shape index (κ3) is 8.30. The number of benzene rings is 2. The van der Waals surface area contributed by atoms with E-state index >= 15 is 0 Å². The first-order chi connectivity index (χ1) is 15.1. The first kappa shape index (κ1) is 22.6. The summed E-state index contributed by atoms with van der Waals surface area (Å²) in [5.74, 6) is 0.666. The molecule has 2 N–H and O–H groups in total. The minimum atomic E-state index is -0.380. The smallest absolute Gasteiger partial charge is 0.277 e. The number of hydrogen-bond donors (Lipinski definition) is 2. The van der Waals surface area contributed by atoms with E-state index in [-0.39, 0.29) is 31.1 Å². The molecular formula is C23H26ClN3O4. The number of carbonyl (C=O) groups excluding carboxylic acids is 2. The zero-order valence-electron chi connectivity index (χ0n) is 17.2. The topological polar surface area (TPSA) is 89.0 Å². The fraction of sp³-hybridized carbons (Fsp3) is 0.348. The van der Waals surface area contributed by atoms with E-state index in [0.29, 0.717) is 16.5 Å². The quantitative estimate of drug-likeness (QED) is 0.457. The minimum Gasteiger partial charge on any atom is -0.484 e. The summed E-state index contributed by atoms with van der Waals surface area (Å²) in [5, 5.41) is 7.52. The number of nitrogens with zero attached hydrogens (tertiary/aromatic N) is 1. The molecule has 0 aromatic heterocycles. The van der Waals surface area contributed by atoms with Gasteiger partial charge in [0.25, 0.3) is 11.8 Å². The maximum Gasteiger partial charge on any atom is 0.277 e. The van der Waals surface area contributed by atoms with Crippen LogP contribution in [0.4, 0.5) is 0 Å². The minimum absolute atomic E-state index is 0.00634. The van der Waals surface area contributed by atoms with Crippen molar-refractivity contribution in [3.63, 3.8) is 0 Å². The predicted octanol–water partition coefficient (Wildman–Crippen LogP) is 3.70. The Morgan fingerprint density at radius 2 is 1.48 bits per heavy atom. The van der Waals surface area contributed by atoms with Crippen molar-refractivity contribution in [1.82, 2.24) is 10.7 Å². The second kappa shape index (κ2) is 12.0. The third-order valence-corrected chi connectivity index (χ3v) is 5.06. The molecule has 1 aliphatic carbocycles. The predicted molar refractivity (Wildman–Crippen MR) is 120 cm³/mol. The van der Waals surface area contributed by atoms with Gasteiger partial charge in [0.1, 0.15) is 11.5 Å². The molecule has 1 aliphatic rings. The molecule has 3 rings (SSSR count). The van der Waals surface area contributed by atoms with Gasteiger partial charge >= 0.3 is 0 Å². The highest BCUT2D eigenvalue weighted by atomic mass is 35.5. The number of ether oxygens (including phenoxy) is 2. The van der Waals surface area contributed by atoms with E-state index in [0.717, 1.165) is 18.4 Å². The van der Waals surface area contributed by atoms with Crippen molar-refractivity contribution in [3.05, 3.63) is 59.1 Å². The average molecular weight is 444 g/mol. The van der Waals surface area contributed by atoms with Gasteiger partial charge in [-0.2, -0.15) is 5.10 Å². The van der Waals surface area contributed by atoms with Crippen LogP contribution in [0.1, 0.15) is 37.7 Å². The van der Waals surface area contributed by atoms with Crippen molar-refractivity contribution >= 4 is 29.6 Å². The van der Waals surface area contributed by atoms with Crippen LogP contribution in [-0.4, -0.2) is 37.3 Å². The van der Waals surface area contributed by atoms with Crippen molar-refractivity contribution in [2.24, 2.45) is 5.10 Å². The lowest BCUT2D eigenvalue weighted by atomic mass is 9.95. The van der Waals surface area contributed by atoms with Crippen LogP contribution in [0, 0.1) is 0 Å². The van der Waals surface area contributed by atoms with Crippen molar-refractivity contribution in [2.45, 2.75) is 38.1 Å². The lowest BCUT2D eigenvalue weighted by Crippen LogP contribution is -2.38. The van der Waals surface area contributed by atoms with Gasteiger partial charge in [-0.15, -0.1) is 0 Å². The number of hydrogen-bond acceptors (Lipinski definition) is 5. The highest BCUT2D eigenvalue weighted by Crippen LogP contribution is 2.17. The Hall–Kier alpha value is -3.06. The summed E-state index contributed by atoms with van der Waals surface area (Å²) in [6.07, 6.45) is 7.20. The van der Waals surface area contributed by atoms with Crippen molar-refractivity contribution in [3.8, 4) is 11.5 Å². The Morgan fingerprint density at radius 3 is 2.13 bits per heavy atom. The fourth-order valence-corrected chi connectivity index (χ4v) is 3.33. The molecule has 0 radical (unpaired) electrons. The van der Waals surface area contributed by atoms with Gasteiger partial charge in [0.05, 0.1) is 6.21 Å². The summed E-state index contributed by atoms with van der Waals surface area (Å²) in [4.78, 5) is 23.8. The molecule has 0 aliphatic heterocycles. The number of halogens is 1.